The van der Waals surface area contributed by atoms with Crippen molar-refractivity contribution in [3.63, 3.8) is 0 Å². The summed E-state index contributed by atoms with van der Waals surface area (Å²) in [6.07, 6.45) is 4.18. The zero-order chi connectivity index (χ0) is 30.3. The summed E-state index contributed by atoms with van der Waals surface area (Å²) in [7, 11) is -0.0940. The molecule has 1 saturated heterocycles. The lowest BCUT2D eigenvalue weighted by atomic mass is 10.1. The zero-order valence-electron chi connectivity index (χ0n) is 24.6. The number of urea groups is 1. The summed E-state index contributed by atoms with van der Waals surface area (Å²) in [6.45, 7) is 5.19. The summed E-state index contributed by atoms with van der Waals surface area (Å²) in [5.74, 6) is 1.44. The number of aromatic nitrogens is 2. The van der Waals surface area contributed by atoms with Crippen molar-refractivity contribution in [1.82, 2.24) is 19.8 Å². The monoisotopic (exact) mass is 605 g/mol. The Morgan fingerprint density at radius 1 is 1.00 bits per heavy atom. The minimum absolute atomic E-state index is 0.168. The van der Waals surface area contributed by atoms with E-state index in [4.69, 9.17) is 4.74 Å². The Labute approximate surface area is 251 Å². The third-order valence-corrected chi connectivity index (χ3v) is 9.85. The van der Waals surface area contributed by atoms with Crippen LogP contribution in [0.1, 0.15) is 28.4 Å². The van der Waals surface area contributed by atoms with Gasteiger partial charge in [-0.15, -0.1) is 0 Å². The van der Waals surface area contributed by atoms with Gasteiger partial charge >= 0.3 is 6.03 Å². The number of pyridine rings is 2. The quantitative estimate of drug-likeness (QED) is 0.433. The first-order chi connectivity index (χ1) is 20.7. The Morgan fingerprint density at radius 2 is 1.77 bits per heavy atom. The maximum Gasteiger partial charge on any atom is 0.338 e. The Balaban J connectivity index is 1.21. The highest BCUT2D eigenvalue weighted by molar-refractivity contribution is 7.93. The topological polar surface area (TPSA) is 119 Å². The first-order valence-corrected chi connectivity index (χ1v) is 16.0. The molecule has 0 unspecified atom stereocenters. The summed E-state index contributed by atoms with van der Waals surface area (Å²) < 4.78 is 33.3. The van der Waals surface area contributed by atoms with E-state index in [2.05, 4.69) is 14.9 Å². The normalized spacial score (nSPS) is 18.1. The van der Waals surface area contributed by atoms with E-state index in [-0.39, 0.29) is 24.7 Å². The van der Waals surface area contributed by atoms with E-state index in [0.29, 0.717) is 79.0 Å². The molecule has 2 aromatic heterocycles. The van der Waals surface area contributed by atoms with Crippen LogP contribution in [0.3, 0.4) is 0 Å². The van der Waals surface area contributed by atoms with Crippen molar-refractivity contribution in [3.8, 4) is 5.75 Å². The second kappa shape index (κ2) is 11.5. The van der Waals surface area contributed by atoms with Crippen LogP contribution in [0.15, 0.2) is 48.8 Å². The van der Waals surface area contributed by atoms with Crippen molar-refractivity contribution in [3.05, 3.63) is 65.5 Å². The number of rotatable bonds is 5. The molecule has 226 valence electrons. The number of fused-ring (bicyclic) bond motifs is 3. The SMILES string of the molecule is CCN1c2ncc(CCOc3cccc4c3CCS(=O)(=O)N4C(=O)N3CCN(C)CC3)cc2C(=O)N(C)c2cccnc21. The van der Waals surface area contributed by atoms with Crippen molar-refractivity contribution in [2.45, 2.75) is 19.8 Å². The van der Waals surface area contributed by atoms with Crippen molar-refractivity contribution in [1.29, 1.82) is 0 Å². The van der Waals surface area contributed by atoms with E-state index >= 15 is 0 Å². The molecule has 0 N–H and O–H groups in total. The molecule has 3 aromatic rings. The van der Waals surface area contributed by atoms with Gasteiger partial charge in [-0.25, -0.2) is 23.2 Å². The van der Waals surface area contributed by atoms with Gasteiger partial charge in [-0.2, -0.15) is 4.31 Å². The standard InChI is InChI=1S/C30H35N7O5S/c1-4-36-27-23(29(38)34(3)25-8-6-12-31-28(25)36)19-21(20-32-27)10-17-42-26-9-5-7-24-22(26)11-18-43(40,41)37(24)30(39)35-15-13-33(2)14-16-35/h5-9,12,19-20H,4,10-11,13-18H2,1-3H3. The number of hydrogen-bond donors (Lipinski definition) is 0. The van der Waals surface area contributed by atoms with Gasteiger partial charge in [0.1, 0.15) is 11.6 Å². The van der Waals surface area contributed by atoms with Gasteiger partial charge in [-0.1, -0.05) is 6.07 Å². The number of carbonyl (C=O) groups is 2. The van der Waals surface area contributed by atoms with Gasteiger partial charge in [0.25, 0.3) is 5.91 Å². The van der Waals surface area contributed by atoms with Gasteiger partial charge in [0.2, 0.25) is 10.0 Å². The van der Waals surface area contributed by atoms with E-state index in [1.54, 1.807) is 47.4 Å². The smallest absolute Gasteiger partial charge is 0.338 e. The Morgan fingerprint density at radius 3 is 2.53 bits per heavy atom. The molecule has 43 heavy (non-hydrogen) atoms. The molecule has 0 saturated carbocycles. The third kappa shape index (κ3) is 5.27. The van der Waals surface area contributed by atoms with Crippen LogP contribution in [-0.2, 0) is 22.9 Å². The fraction of sp³-hybridized carbons (Fsp3) is 0.400. The molecule has 6 rings (SSSR count). The van der Waals surface area contributed by atoms with E-state index in [1.165, 1.54) is 0 Å². The minimum atomic E-state index is -3.81. The summed E-state index contributed by atoms with van der Waals surface area (Å²) in [6, 6.07) is 10.2. The molecule has 3 amide bonds. The average molecular weight is 606 g/mol. The maximum atomic E-state index is 13.5. The van der Waals surface area contributed by atoms with Crippen LogP contribution >= 0.6 is 0 Å². The third-order valence-electron chi connectivity index (χ3n) is 8.22. The molecule has 13 heteroatoms. The lowest BCUT2D eigenvalue weighted by molar-refractivity contribution is 0.0994. The highest BCUT2D eigenvalue weighted by Gasteiger charge is 2.39. The number of benzene rings is 1. The highest BCUT2D eigenvalue weighted by Crippen LogP contribution is 2.38. The van der Waals surface area contributed by atoms with Gasteiger partial charge in [0.05, 0.1) is 29.3 Å². The Hall–Kier alpha value is -4.23. The molecular formula is C30H35N7O5S. The number of carbonyl (C=O) groups excluding carboxylic acids is 2. The van der Waals surface area contributed by atoms with Crippen LogP contribution in [0.25, 0.3) is 0 Å². The van der Waals surface area contributed by atoms with Crippen LogP contribution in [0.5, 0.6) is 5.75 Å². The van der Waals surface area contributed by atoms with Crippen molar-refractivity contribution >= 4 is 45.0 Å². The number of amides is 3. The fourth-order valence-electron chi connectivity index (χ4n) is 5.79. The van der Waals surface area contributed by atoms with Crippen LogP contribution in [-0.4, -0.2) is 99.3 Å². The first kappa shape index (κ1) is 28.9. The van der Waals surface area contributed by atoms with Crippen molar-refractivity contribution in [2.24, 2.45) is 0 Å². The number of piperazine rings is 1. The number of sulfonamides is 1. The molecule has 3 aliphatic rings. The highest BCUT2D eigenvalue weighted by atomic mass is 32.2. The lowest BCUT2D eigenvalue weighted by Gasteiger charge is -2.37. The number of nitrogens with zero attached hydrogens (tertiary/aromatic N) is 7. The lowest BCUT2D eigenvalue weighted by Crippen LogP contribution is -2.54. The van der Waals surface area contributed by atoms with Crippen LogP contribution in [0.4, 0.5) is 27.8 Å². The molecule has 5 heterocycles. The number of ether oxygens (including phenoxy) is 1. The summed E-state index contributed by atoms with van der Waals surface area (Å²) in [4.78, 5) is 43.3. The fourth-order valence-corrected chi connectivity index (χ4v) is 7.26. The Kier molecular flexibility index (Phi) is 7.69. The molecule has 0 spiro atoms. The second-order valence-electron chi connectivity index (χ2n) is 10.9. The predicted octanol–water partition coefficient (Wildman–Crippen LogP) is 2.91. The predicted molar refractivity (Wildman–Crippen MR) is 164 cm³/mol. The van der Waals surface area contributed by atoms with E-state index in [1.807, 2.05) is 37.1 Å². The zero-order valence-corrected chi connectivity index (χ0v) is 25.4. The molecular weight excluding hydrogens is 570 g/mol. The van der Waals surface area contributed by atoms with E-state index in [9.17, 15) is 18.0 Å². The molecule has 1 aromatic carbocycles. The molecule has 1 fully saturated rings. The van der Waals surface area contributed by atoms with Gasteiger partial charge in [-0.05, 0) is 56.3 Å². The molecule has 12 nitrogen and oxygen atoms in total. The first-order valence-electron chi connectivity index (χ1n) is 14.4. The van der Waals surface area contributed by atoms with Crippen LogP contribution in [0, 0.1) is 0 Å². The molecule has 0 radical (unpaired) electrons. The molecule has 3 aliphatic heterocycles. The van der Waals surface area contributed by atoms with Gasteiger partial charge < -0.3 is 24.3 Å². The number of likely N-dealkylation sites (N-methyl/N-ethyl adjacent to an activating group) is 1. The second-order valence-corrected chi connectivity index (χ2v) is 12.9. The van der Waals surface area contributed by atoms with E-state index in [0.717, 1.165) is 9.87 Å². The molecule has 0 atom stereocenters. The number of anilines is 4. The van der Waals surface area contributed by atoms with Gasteiger partial charge in [0, 0.05) is 64.1 Å². The minimum Gasteiger partial charge on any atom is -0.493 e. The van der Waals surface area contributed by atoms with E-state index < -0.39 is 16.1 Å². The maximum absolute atomic E-state index is 13.5. The molecule has 0 bridgehead atoms. The molecule has 0 aliphatic carbocycles. The largest absolute Gasteiger partial charge is 0.493 e. The number of hydrogen-bond acceptors (Lipinski definition) is 9. The van der Waals surface area contributed by atoms with Crippen molar-refractivity contribution in [2.75, 3.05) is 73.3 Å². The summed E-state index contributed by atoms with van der Waals surface area (Å²) in [5, 5.41) is 0. The van der Waals surface area contributed by atoms with Gasteiger partial charge in [0.15, 0.2) is 5.82 Å². The van der Waals surface area contributed by atoms with Gasteiger partial charge in [-0.3, -0.25) is 4.79 Å². The summed E-state index contributed by atoms with van der Waals surface area (Å²) in [5.41, 5.74) is 3.07. The average Bonchev–Trinajstić information content (AvgIpc) is 3.09. The van der Waals surface area contributed by atoms with Crippen molar-refractivity contribution < 1.29 is 22.7 Å². The Bertz CT molecular complexity index is 1670. The van der Waals surface area contributed by atoms with Crippen LogP contribution < -0.4 is 18.8 Å². The van der Waals surface area contributed by atoms with Crippen LogP contribution in [0.2, 0.25) is 0 Å². The summed E-state index contributed by atoms with van der Waals surface area (Å²) >= 11 is 0.